The monoisotopic (exact) mass is 606 g/mol. The van der Waals surface area contributed by atoms with Crippen LogP contribution in [0.2, 0.25) is 0 Å². The van der Waals surface area contributed by atoms with Crippen LogP contribution >= 0.6 is 0 Å². The Morgan fingerprint density at radius 1 is 1.30 bits per heavy atom. The minimum absolute atomic E-state index is 0.0277. The number of nitriles is 1. The van der Waals surface area contributed by atoms with E-state index in [1.165, 1.54) is 13.2 Å². The number of fused-ring (bicyclic) bond motifs is 6. The molecule has 11 nitrogen and oxygen atoms in total. The van der Waals surface area contributed by atoms with E-state index in [9.17, 15) is 20.0 Å². The van der Waals surface area contributed by atoms with Gasteiger partial charge in [0.15, 0.2) is 17.3 Å². The number of phenols is 1. The summed E-state index contributed by atoms with van der Waals surface area (Å²) in [4.78, 5) is 29.6. The highest BCUT2D eigenvalue weighted by Crippen LogP contribution is 2.54. The van der Waals surface area contributed by atoms with Gasteiger partial charge in [0.2, 0.25) is 12.7 Å². The molecule has 4 aliphatic rings. The molecule has 11 heteroatoms. The largest absolute Gasteiger partial charge is 0.504 e. The Kier molecular flexibility index (Phi) is 9.23. The lowest BCUT2D eigenvalue weighted by Gasteiger charge is -2.60. The Morgan fingerprint density at radius 2 is 2.07 bits per heavy atom. The van der Waals surface area contributed by atoms with Crippen LogP contribution in [0, 0.1) is 18.3 Å². The number of likely N-dealkylation sites (N-methyl/N-ethyl adjacent to an activating group) is 1. The Bertz CT molecular complexity index is 1460. The summed E-state index contributed by atoms with van der Waals surface area (Å²) in [6.07, 6.45) is 6.26. The van der Waals surface area contributed by atoms with Crippen LogP contribution in [-0.4, -0.2) is 78.4 Å². The molecule has 0 aromatic heterocycles. The van der Waals surface area contributed by atoms with Gasteiger partial charge in [-0.25, -0.2) is 0 Å². The number of aromatic hydroxyl groups is 1. The van der Waals surface area contributed by atoms with Crippen LogP contribution in [-0.2, 0) is 30.2 Å². The molecule has 0 aliphatic carbocycles. The molecule has 2 N–H and O–H groups in total. The maximum Gasteiger partial charge on any atom is 0.308 e. The van der Waals surface area contributed by atoms with E-state index in [4.69, 9.17) is 18.9 Å². The molecule has 1 aromatic rings. The van der Waals surface area contributed by atoms with Crippen molar-refractivity contribution >= 4 is 11.9 Å². The van der Waals surface area contributed by atoms with Gasteiger partial charge in [0.25, 0.3) is 0 Å². The van der Waals surface area contributed by atoms with E-state index in [0.717, 1.165) is 35.1 Å². The second-order valence-electron chi connectivity index (χ2n) is 11.8. The van der Waals surface area contributed by atoms with Gasteiger partial charge in [0.1, 0.15) is 18.1 Å². The molecule has 5 atom stereocenters. The molecule has 5 rings (SSSR count). The Balaban J connectivity index is 1.73. The van der Waals surface area contributed by atoms with Crippen LogP contribution in [0.3, 0.4) is 0 Å². The molecule has 4 heterocycles. The quantitative estimate of drug-likeness (QED) is 0.315. The number of benzene rings is 1. The van der Waals surface area contributed by atoms with Crippen LogP contribution in [0.25, 0.3) is 0 Å². The van der Waals surface area contributed by atoms with Gasteiger partial charge in [-0.05, 0) is 57.4 Å². The number of unbranched alkanes of at least 4 members (excludes halogenated alkanes) is 1. The molecule has 1 unspecified atom stereocenters. The summed E-state index contributed by atoms with van der Waals surface area (Å²) in [6, 6.07) is 2.70. The maximum atomic E-state index is 12.9. The molecule has 236 valence electrons. The van der Waals surface area contributed by atoms with Crippen LogP contribution in [0.1, 0.15) is 69.2 Å². The number of methoxy groups -OCH3 is 1. The number of allylic oxidation sites excluding steroid dienone is 2. The predicted octanol–water partition coefficient (Wildman–Crippen LogP) is 3.87. The average molecular weight is 607 g/mol. The van der Waals surface area contributed by atoms with Crippen LogP contribution < -0.4 is 10.1 Å². The van der Waals surface area contributed by atoms with Crippen molar-refractivity contribution in [2.75, 3.05) is 27.5 Å². The number of piperazine rings is 1. The highest BCUT2D eigenvalue weighted by molar-refractivity contribution is 5.76. The molecule has 0 radical (unpaired) electrons. The first kappa shape index (κ1) is 31.4. The number of hydrogen-bond donors (Lipinski definition) is 2. The Labute approximate surface area is 258 Å². The van der Waals surface area contributed by atoms with E-state index < -0.39 is 18.1 Å². The number of ether oxygens (including phenoxy) is 4. The molecule has 1 aromatic carbocycles. The Morgan fingerprint density at radius 3 is 2.68 bits per heavy atom. The van der Waals surface area contributed by atoms with Crippen molar-refractivity contribution in [2.45, 2.75) is 90.0 Å². The lowest BCUT2D eigenvalue weighted by Crippen LogP contribution is -2.70. The smallest absolute Gasteiger partial charge is 0.308 e. The fraction of sp³-hybridized carbons (Fsp3) is 0.545. The number of rotatable bonds is 9. The summed E-state index contributed by atoms with van der Waals surface area (Å²) in [7, 11) is 3.54. The fourth-order valence-corrected chi connectivity index (χ4v) is 7.45. The highest BCUT2D eigenvalue weighted by atomic mass is 16.7. The average Bonchev–Trinajstić information content (AvgIpc) is 3.52. The molecule has 1 saturated heterocycles. The van der Waals surface area contributed by atoms with Crippen molar-refractivity contribution in [3.8, 4) is 17.6 Å². The SMILES string of the molecule is C/C=C(\OC(C)=O)C1=C(C2=COCO2)[C@H](CNC(=O)CCCC)N2C(C1)[C@H]1c3c(cc(C)c(OC)c3O)C[C@@H]([C@@H]2C#N)N1C. The molecule has 44 heavy (non-hydrogen) atoms. The number of aryl methyl sites for hydroxylation is 1. The first-order valence-electron chi connectivity index (χ1n) is 15.2. The zero-order chi connectivity index (χ0) is 31.7. The van der Waals surface area contributed by atoms with Crippen molar-refractivity contribution in [2.24, 2.45) is 0 Å². The summed E-state index contributed by atoms with van der Waals surface area (Å²) < 4.78 is 22.8. The molecule has 1 fully saturated rings. The van der Waals surface area contributed by atoms with Gasteiger partial charge < -0.3 is 29.4 Å². The molecule has 0 saturated carbocycles. The number of amides is 1. The number of nitrogens with one attached hydrogen (secondary N) is 1. The van der Waals surface area contributed by atoms with Gasteiger partial charge in [0.05, 0.1) is 25.3 Å². The zero-order valence-electron chi connectivity index (χ0n) is 26.3. The first-order chi connectivity index (χ1) is 21.2. The number of carbonyl (C=O) groups excluding carboxylic acids is 2. The summed E-state index contributed by atoms with van der Waals surface area (Å²) in [5, 5.41) is 25.5. The van der Waals surface area contributed by atoms with Gasteiger partial charge in [-0.15, -0.1) is 0 Å². The third-order valence-corrected chi connectivity index (χ3v) is 9.25. The van der Waals surface area contributed by atoms with E-state index in [0.29, 0.717) is 42.1 Å². The topological polar surface area (TPSA) is 134 Å². The summed E-state index contributed by atoms with van der Waals surface area (Å²) >= 11 is 0. The second kappa shape index (κ2) is 12.9. The number of esters is 1. The van der Waals surface area contributed by atoms with Crippen molar-refractivity contribution in [3.05, 3.63) is 57.8 Å². The molecule has 2 bridgehead atoms. The molecule has 0 spiro atoms. The van der Waals surface area contributed by atoms with Gasteiger partial charge >= 0.3 is 5.97 Å². The molecule has 1 amide bonds. The number of carbonyl (C=O) groups is 2. The molecular formula is C33H42N4O7. The number of hydrogen-bond acceptors (Lipinski definition) is 10. The minimum Gasteiger partial charge on any atom is -0.504 e. The third-order valence-electron chi connectivity index (χ3n) is 9.25. The van der Waals surface area contributed by atoms with E-state index in [1.54, 1.807) is 20.1 Å². The van der Waals surface area contributed by atoms with Crippen molar-refractivity contribution < 1.29 is 33.6 Å². The van der Waals surface area contributed by atoms with Crippen molar-refractivity contribution in [3.63, 3.8) is 0 Å². The van der Waals surface area contributed by atoms with Gasteiger partial charge in [-0.2, -0.15) is 5.26 Å². The lowest BCUT2D eigenvalue weighted by atomic mass is 9.71. The standard InChI is InChI=1S/C33H42N4O7/c1-7-9-10-28(39)35-15-25-30(27-16-42-17-43-27)21(26(8-2)44-19(4)38)13-23-31-29-20(11-18(3)33(41-6)32(29)40)12-22(36(31)5)24(14-34)37(23)25/h8,11,16,22-25,31,40H,7,9-10,12-13,15,17H2,1-6H3,(H,35,39)/b26-8-/t22-,23?,24-,25-,31-/m0/s1. The second-order valence-corrected chi connectivity index (χ2v) is 11.8. The van der Waals surface area contributed by atoms with Gasteiger partial charge in [0, 0.05) is 48.7 Å². The maximum absolute atomic E-state index is 12.9. The Hall–Kier alpha value is -4.01. The van der Waals surface area contributed by atoms with Crippen LogP contribution in [0.5, 0.6) is 11.5 Å². The van der Waals surface area contributed by atoms with E-state index in [-0.39, 0.29) is 43.1 Å². The third kappa shape index (κ3) is 5.41. The summed E-state index contributed by atoms with van der Waals surface area (Å²) in [5.41, 5.74) is 4.00. The summed E-state index contributed by atoms with van der Waals surface area (Å²) in [5.74, 6) is 0.822. The summed E-state index contributed by atoms with van der Waals surface area (Å²) in [6.45, 7) is 7.32. The van der Waals surface area contributed by atoms with E-state index >= 15 is 0 Å². The number of nitrogens with zero attached hydrogens (tertiary/aromatic N) is 3. The van der Waals surface area contributed by atoms with E-state index in [1.807, 2.05) is 27.0 Å². The van der Waals surface area contributed by atoms with Crippen LogP contribution in [0.4, 0.5) is 0 Å². The first-order valence-corrected chi connectivity index (χ1v) is 15.2. The van der Waals surface area contributed by atoms with Gasteiger partial charge in [-0.1, -0.05) is 19.4 Å². The lowest BCUT2D eigenvalue weighted by molar-refractivity contribution is -0.136. The minimum atomic E-state index is -0.557. The number of phenolic OH excluding ortho intramolecular Hbond substituents is 1. The van der Waals surface area contributed by atoms with E-state index in [2.05, 4.69) is 21.2 Å². The molecule has 4 aliphatic heterocycles. The highest BCUT2D eigenvalue weighted by Gasteiger charge is 2.56. The fourth-order valence-electron chi connectivity index (χ4n) is 7.45. The van der Waals surface area contributed by atoms with Crippen molar-refractivity contribution in [1.82, 2.24) is 15.1 Å². The molecular weight excluding hydrogens is 564 g/mol. The predicted molar refractivity (Wildman–Crippen MR) is 161 cm³/mol. The zero-order valence-corrected chi connectivity index (χ0v) is 26.3. The van der Waals surface area contributed by atoms with Crippen molar-refractivity contribution in [1.29, 1.82) is 5.26 Å². The van der Waals surface area contributed by atoms with Gasteiger partial charge in [-0.3, -0.25) is 19.4 Å². The van der Waals surface area contributed by atoms with Crippen LogP contribution in [0.15, 0.2) is 41.1 Å². The normalized spacial score (nSPS) is 26.4.